The maximum Gasteiger partial charge on any atom is 0.227 e. The SMILES string of the molecule is O=C(Nc1ccccc1Cl)C1CCN(c2ccncc2)CC1. The predicted molar refractivity (Wildman–Crippen MR) is 89.3 cm³/mol. The minimum atomic E-state index is 0.0364. The number of benzene rings is 1. The Balaban J connectivity index is 1.57. The van der Waals surface area contributed by atoms with Crippen LogP contribution >= 0.6 is 11.6 Å². The fourth-order valence-corrected chi connectivity index (χ4v) is 2.94. The summed E-state index contributed by atoms with van der Waals surface area (Å²) >= 11 is 6.08. The molecular formula is C17H18ClN3O. The van der Waals surface area contributed by atoms with Crippen molar-refractivity contribution in [1.29, 1.82) is 0 Å². The quantitative estimate of drug-likeness (QED) is 0.941. The van der Waals surface area contributed by atoms with Gasteiger partial charge in [0.1, 0.15) is 0 Å². The van der Waals surface area contributed by atoms with Gasteiger partial charge in [0.15, 0.2) is 0 Å². The second-order valence-electron chi connectivity index (χ2n) is 5.44. The van der Waals surface area contributed by atoms with E-state index < -0.39 is 0 Å². The molecule has 2 aromatic rings. The van der Waals surface area contributed by atoms with Crippen LogP contribution < -0.4 is 10.2 Å². The van der Waals surface area contributed by atoms with Crippen molar-refractivity contribution in [3.63, 3.8) is 0 Å². The molecule has 1 N–H and O–H groups in total. The monoisotopic (exact) mass is 315 g/mol. The van der Waals surface area contributed by atoms with Crippen LogP contribution in [-0.2, 0) is 4.79 Å². The molecule has 1 aliphatic rings. The highest BCUT2D eigenvalue weighted by Gasteiger charge is 2.25. The van der Waals surface area contributed by atoms with Crippen molar-refractivity contribution in [2.45, 2.75) is 12.8 Å². The summed E-state index contributed by atoms with van der Waals surface area (Å²) in [7, 11) is 0. The number of piperidine rings is 1. The van der Waals surface area contributed by atoms with E-state index in [-0.39, 0.29) is 11.8 Å². The van der Waals surface area contributed by atoms with Crippen LogP contribution in [0.1, 0.15) is 12.8 Å². The van der Waals surface area contributed by atoms with Gasteiger partial charge in [0.05, 0.1) is 10.7 Å². The van der Waals surface area contributed by atoms with E-state index in [9.17, 15) is 4.79 Å². The molecule has 0 unspecified atom stereocenters. The summed E-state index contributed by atoms with van der Waals surface area (Å²) in [5.41, 5.74) is 1.85. The molecule has 1 aliphatic heterocycles. The Hall–Kier alpha value is -2.07. The van der Waals surface area contributed by atoms with Crippen molar-refractivity contribution in [1.82, 2.24) is 4.98 Å². The third kappa shape index (κ3) is 3.39. The number of carbonyl (C=O) groups excluding carboxylic acids is 1. The second kappa shape index (κ2) is 6.79. The summed E-state index contributed by atoms with van der Waals surface area (Å²) in [5, 5.41) is 3.51. The topological polar surface area (TPSA) is 45.2 Å². The molecule has 0 aliphatic carbocycles. The second-order valence-corrected chi connectivity index (χ2v) is 5.84. The van der Waals surface area contributed by atoms with Crippen LogP contribution in [0.3, 0.4) is 0 Å². The zero-order chi connectivity index (χ0) is 15.4. The number of aromatic nitrogens is 1. The number of anilines is 2. The number of nitrogens with zero attached hydrogens (tertiary/aromatic N) is 2. The van der Waals surface area contributed by atoms with Gasteiger partial charge in [0, 0.05) is 37.1 Å². The maximum atomic E-state index is 12.4. The Kier molecular flexibility index (Phi) is 4.59. The van der Waals surface area contributed by atoms with E-state index in [0.717, 1.165) is 25.9 Å². The van der Waals surface area contributed by atoms with Gasteiger partial charge >= 0.3 is 0 Å². The minimum Gasteiger partial charge on any atom is -0.371 e. The molecule has 114 valence electrons. The average Bonchev–Trinajstić information content (AvgIpc) is 2.58. The number of pyridine rings is 1. The van der Waals surface area contributed by atoms with Gasteiger partial charge in [0.25, 0.3) is 0 Å². The first-order chi connectivity index (χ1) is 10.7. The number of para-hydroxylation sites is 1. The highest BCUT2D eigenvalue weighted by Crippen LogP contribution is 2.26. The molecule has 3 rings (SSSR count). The van der Waals surface area contributed by atoms with Gasteiger partial charge in [-0.3, -0.25) is 9.78 Å². The molecule has 5 heteroatoms. The van der Waals surface area contributed by atoms with Crippen LogP contribution in [0.5, 0.6) is 0 Å². The molecule has 0 saturated carbocycles. The summed E-state index contributed by atoms with van der Waals surface area (Å²) in [6.07, 6.45) is 5.29. The number of halogens is 1. The van der Waals surface area contributed by atoms with E-state index >= 15 is 0 Å². The predicted octanol–water partition coefficient (Wildman–Crippen LogP) is 3.59. The van der Waals surface area contributed by atoms with Crippen molar-refractivity contribution in [3.05, 3.63) is 53.8 Å². The molecule has 1 saturated heterocycles. The molecule has 1 fully saturated rings. The third-order valence-electron chi connectivity index (χ3n) is 4.03. The molecule has 0 radical (unpaired) electrons. The van der Waals surface area contributed by atoms with Crippen LogP contribution in [-0.4, -0.2) is 24.0 Å². The zero-order valence-corrected chi connectivity index (χ0v) is 13.0. The van der Waals surface area contributed by atoms with Gasteiger partial charge in [-0.25, -0.2) is 0 Å². The van der Waals surface area contributed by atoms with Gasteiger partial charge < -0.3 is 10.2 Å². The van der Waals surface area contributed by atoms with Crippen LogP contribution in [0.4, 0.5) is 11.4 Å². The van der Waals surface area contributed by atoms with Gasteiger partial charge in [-0.15, -0.1) is 0 Å². The van der Waals surface area contributed by atoms with E-state index in [2.05, 4.69) is 15.2 Å². The van der Waals surface area contributed by atoms with Crippen molar-refractivity contribution in [3.8, 4) is 0 Å². The molecule has 2 heterocycles. The number of hydrogen-bond acceptors (Lipinski definition) is 3. The highest BCUT2D eigenvalue weighted by molar-refractivity contribution is 6.33. The van der Waals surface area contributed by atoms with Gasteiger partial charge in [-0.1, -0.05) is 23.7 Å². The first kappa shape index (κ1) is 14.9. The summed E-state index contributed by atoms with van der Waals surface area (Å²) in [6.45, 7) is 1.76. The summed E-state index contributed by atoms with van der Waals surface area (Å²) < 4.78 is 0. The number of rotatable bonds is 3. The van der Waals surface area contributed by atoms with E-state index in [1.807, 2.05) is 30.3 Å². The largest absolute Gasteiger partial charge is 0.371 e. The lowest BCUT2D eigenvalue weighted by atomic mass is 9.95. The molecule has 0 atom stereocenters. The fourth-order valence-electron chi connectivity index (χ4n) is 2.75. The van der Waals surface area contributed by atoms with Crippen LogP contribution in [0.2, 0.25) is 5.02 Å². The Labute approximate surface area is 135 Å². The van der Waals surface area contributed by atoms with Gasteiger partial charge in [-0.05, 0) is 37.1 Å². The van der Waals surface area contributed by atoms with Crippen molar-refractivity contribution in [2.24, 2.45) is 5.92 Å². The highest BCUT2D eigenvalue weighted by atomic mass is 35.5. The van der Waals surface area contributed by atoms with Crippen molar-refractivity contribution >= 4 is 28.9 Å². The number of hydrogen-bond donors (Lipinski definition) is 1. The lowest BCUT2D eigenvalue weighted by Crippen LogP contribution is -2.38. The number of amides is 1. The lowest BCUT2D eigenvalue weighted by molar-refractivity contribution is -0.120. The van der Waals surface area contributed by atoms with Gasteiger partial charge in [-0.2, -0.15) is 0 Å². The fraction of sp³-hybridized carbons (Fsp3) is 0.294. The third-order valence-corrected chi connectivity index (χ3v) is 4.35. The number of nitrogens with one attached hydrogen (secondary N) is 1. The zero-order valence-electron chi connectivity index (χ0n) is 12.2. The molecular weight excluding hydrogens is 298 g/mol. The summed E-state index contributed by atoms with van der Waals surface area (Å²) in [4.78, 5) is 18.7. The Morgan fingerprint density at radius 3 is 2.50 bits per heavy atom. The lowest BCUT2D eigenvalue weighted by Gasteiger charge is -2.32. The van der Waals surface area contributed by atoms with Crippen LogP contribution in [0.15, 0.2) is 48.8 Å². The Morgan fingerprint density at radius 2 is 1.82 bits per heavy atom. The Morgan fingerprint density at radius 1 is 1.14 bits per heavy atom. The minimum absolute atomic E-state index is 0.0364. The summed E-state index contributed by atoms with van der Waals surface area (Å²) in [5.74, 6) is 0.0943. The molecule has 1 amide bonds. The summed E-state index contributed by atoms with van der Waals surface area (Å²) in [6, 6.07) is 11.3. The van der Waals surface area contributed by atoms with Crippen LogP contribution in [0, 0.1) is 5.92 Å². The van der Waals surface area contributed by atoms with E-state index in [1.165, 1.54) is 5.69 Å². The molecule has 1 aromatic carbocycles. The smallest absolute Gasteiger partial charge is 0.227 e. The first-order valence-corrected chi connectivity index (χ1v) is 7.82. The molecule has 0 bridgehead atoms. The normalized spacial score (nSPS) is 15.6. The Bertz CT molecular complexity index is 639. The van der Waals surface area contributed by atoms with Crippen molar-refractivity contribution < 1.29 is 4.79 Å². The van der Waals surface area contributed by atoms with Gasteiger partial charge in [0.2, 0.25) is 5.91 Å². The van der Waals surface area contributed by atoms with E-state index in [0.29, 0.717) is 10.7 Å². The van der Waals surface area contributed by atoms with Crippen molar-refractivity contribution in [2.75, 3.05) is 23.3 Å². The van der Waals surface area contributed by atoms with E-state index in [4.69, 9.17) is 11.6 Å². The van der Waals surface area contributed by atoms with Crippen LogP contribution in [0.25, 0.3) is 0 Å². The molecule has 22 heavy (non-hydrogen) atoms. The molecule has 0 spiro atoms. The molecule has 4 nitrogen and oxygen atoms in total. The molecule has 1 aromatic heterocycles. The average molecular weight is 316 g/mol. The standard InChI is InChI=1S/C17H18ClN3O/c18-15-3-1-2-4-16(15)20-17(22)13-7-11-21(12-8-13)14-5-9-19-10-6-14/h1-6,9-10,13H,7-8,11-12H2,(H,20,22). The van der Waals surface area contributed by atoms with E-state index in [1.54, 1.807) is 18.5 Å². The number of carbonyl (C=O) groups is 1. The first-order valence-electron chi connectivity index (χ1n) is 7.44. The maximum absolute atomic E-state index is 12.4.